The number of benzene rings is 1. The maximum absolute atomic E-state index is 13.7. The molecule has 0 spiro atoms. The molecular weight excluding hydrogens is 533 g/mol. The molecule has 0 bridgehead atoms. The molecule has 0 aliphatic rings. The molecule has 0 radical (unpaired) electrons. The summed E-state index contributed by atoms with van der Waals surface area (Å²) in [5.74, 6) is -0.938. The molecule has 8 nitrogen and oxygen atoms in total. The van der Waals surface area contributed by atoms with Gasteiger partial charge in [-0.2, -0.15) is 4.31 Å². The predicted molar refractivity (Wildman–Crippen MR) is 125 cm³/mol. The van der Waals surface area contributed by atoms with Gasteiger partial charge in [-0.05, 0) is 79.1 Å². The highest BCUT2D eigenvalue weighted by atomic mass is 127. The molecular formula is C21H28IN3O5S. The van der Waals surface area contributed by atoms with Crippen molar-refractivity contribution in [1.82, 2.24) is 14.8 Å². The third kappa shape index (κ3) is 6.86. The number of nitrogens with one attached hydrogen (secondary N) is 1. The number of halogens is 1. The predicted octanol–water partition coefficient (Wildman–Crippen LogP) is 3.45. The summed E-state index contributed by atoms with van der Waals surface area (Å²) in [7, 11) is -4.11. The minimum atomic E-state index is -4.11. The molecule has 2 rings (SSSR count). The summed E-state index contributed by atoms with van der Waals surface area (Å²) >= 11 is 1.86. The highest BCUT2D eigenvalue weighted by Crippen LogP contribution is 2.28. The van der Waals surface area contributed by atoms with Crippen LogP contribution in [-0.4, -0.2) is 40.4 Å². The van der Waals surface area contributed by atoms with Gasteiger partial charge in [0.25, 0.3) is 5.91 Å². The first kappa shape index (κ1) is 25.5. The normalized spacial score (nSPS) is 13.4. The zero-order valence-electron chi connectivity index (χ0n) is 18.2. The number of phenolic OH excluding ortho intramolecular Hbond substituents is 1. The van der Waals surface area contributed by atoms with Crippen LogP contribution in [0.2, 0.25) is 0 Å². The van der Waals surface area contributed by atoms with E-state index in [-0.39, 0.29) is 23.1 Å². The van der Waals surface area contributed by atoms with Crippen molar-refractivity contribution in [3.05, 3.63) is 51.9 Å². The third-order valence-electron chi connectivity index (χ3n) is 4.26. The Morgan fingerprint density at radius 1 is 1.29 bits per heavy atom. The monoisotopic (exact) mass is 561 g/mol. The summed E-state index contributed by atoms with van der Waals surface area (Å²) in [4.78, 5) is 22.5. The number of hydroxylamine groups is 1. The standard InChI is InChI=1S/C21H28IN3O5S/c1-14(2)19(20(27)24-30-21(3,4)5)25(13-15-7-6-10-23-12-15)31(28,29)16-8-9-18(26)17(22)11-16/h6-12,14,19,26H,13H2,1-5H3,(H,24,27). The Balaban J connectivity index is 2.53. The van der Waals surface area contributed by atoms with Gasteiger partial charge in [0.1, 0.15) is 11.8 Å². The highest BCUT2D eigenvalue weighted by Gasteiger charge is 2.38. The second kappa shape index (κ2) is 10.2. The zero-order chi connectivity index (χ0) is 23.4. The van der Waals surface area contributed by atoms with Crippen molar-refractivity contribution in [3.8, 4) is 5.75 Å². The van der Waals surface area contributed by atoms with Crippen molar-refractivity contribution in [2.75, 3.05) is 0 Å². The van der Waals surface area contributed by atoms with Gasteiger partial charge in [0.15, 0.2) is 0 Å². The quantitative estimate of drug-likeness (QED) is 0.378. The highest BCUT2D eigenvalue weighted by molar-refractivity contribution is 14.1. The third-order valence-corrected chi connectivity index (χ3v) is 6.94. The number of phenols is 1. The van der Waals surface area contributed by atoms with Crippen LogP contribution in [-0.2, 0) is 26.2 Å². The molecule has 0 saturated carbocycles. The van der Waals surface area contributed by atoms with E-state index in [4.69, 9.17) is 4.84 Å². The van der Waals surface area contributed by atoms with Crippen molar-refractivity contribution < 1.29 is 23.2 Å². The van der Waals surface area contributed by atoms with E-state index in [2.05, 4.69) is 10.5 Å². The molecule has 1 atom stereocenters. The summed E-state index contributed by atoms with van der Waals surface area (Å²) in [6.07, 6.45) is 3.15. The average Bonchev–Trinajstić information content (AvgIpc) is 2.68. The van der Waals surface area contributed by atoms with E-state index in [0.29, 0.717) is 9.13 Å². The van der Waals surface area contributed by atoms with Gasteiger partial charge >= 0.3 is 0 Å². The zero-order valence-corrected chi connectivity index (χ0v) is 21.1. The Kier molecular flexibility index (Phi) is 8.42. The molecule has 1 aromatic carbocycles. The first-order chi connectivity index (χ1) is 14.3. The maximum atomic E-state index is 13.7. The molecule has 0 saturated heterocycles. The molecule has 2 aromatic rings. The molecule has 0 fully saturated rings. The van der Waals surface area contributed by atoms with Crippen LogP contribution in [0.25, 0.3) is 0 Å². The second-order valence-corrected chi connectivity index (χ2v) is 11.4. The van der Waals surface area contributed by atoms with Crippen LogP contribution in [0.5, 0.6) is 5.75 Å². The van der Waals surface area contributed by atoms with Crippen molar-refractivity contribution >= 4 is 38.5 Å². The number of carbonyl (C=O) groups excluding carboxylic acids is 1. The number of nitrogens with zero attached hydrogens (tertiary/aromatic N) is 2. The Morgan fingerprint density at radius 2 is 1.97 bits per heavy atom. The number of pyridine rings is 1. The summed E-state index contributed by atoms with van der Waals surface area (Å²) in [6.45, 7) is 8.82. The minimum Gasteiger partial charge on any atom is -0.507 e. The molecule has 1 heterocycles. The van der Waals surface area contributed by atoms with E-state index in [1.165, 1.54) is 18.2 Å². The number of aromatic nitrogens is 1. The number of sulfonamides is 1. The molecule has 31 heavy (non-hydrogen) atoms. The fourth-order valence-electron chi connectivity index (χ4n) is 2.82. The Bertz CT molecular complexity index is 1010. The van der Waals surface area contributed by atoms with Gasteiger partial charge in [-0.15, -0.1) is 0 Å². The van der Waals surface area contributed by atoms with Crippen molar-refractivity contribution in [2.45, 2.75) is 57.7 Å². The van der Waals surface area contributed by atoms with Crippen molar-refractivity contribution in [1.29, 1.82) is 0 Å². The Labute approximate surface area is 197 Å². The average molecular weight is 561 g/mol. The summed E-state index contributed by atoms with van der Waals surface area (Å²) < 4.78 is 28.8. The molecule has 1 amide bonds. The lowest BCUT2D eigenvalue weighted by atomic mass is 10.0. The fraction of sp³-hybridized carbons (Fsp3) is 0.429. The van der Waals surface area contributed by atoms with Gasteiger partial charge in [0, 0.05) is 18.9 Å². The summed E-state index contributed by atoms with van der Waals surface area (Å²) in [6, 6.07) is 6.43. The first-order valence-electron chi connectivity index (χ1n) is 9.70. The molecule has 170 valence electrons. The largest absolute Gasteiger partial charge is 0.507 e. The van der Waals surface area contributed by atoms with E-state index in [1.807, 2.05) is 22.6 Å². The molecule has 0 aliphatic carbocycles. The van der Waals surface area contributed by atoms with E-state index < -0.39 is 27.6 Å². The van der Waals surface area contributed by atoms with Gasteiger partial charge in [-0.25, -0.2) is 13.9 Å². The number of amides is 1. The first-order valence-corrected chi connectivity index (χ1v) is 12.2. The van der Waals surface area contributed by atoms with Crippen LogP contribution in [0, 0.1) is 9.49 Å². The smallest absolute Gasteiger partial charge is 0.262 e. The van der Waals surface area contributed by atoms with E-state index >= 15 is 0 Å². The number of carbonyl (C=O) groups is 1. The van der Waals surface area contributed by atoms with Crippen LogP contribution >= 0.6 is 22.6 Å². The Hall–Kier alpha value is -1.76. The number of rotatable bonds is 8. The maximum Gasteiger partial charge on any atom is 0.262 e. The van der Waals surface area contributed by atoms with Gasteiger partial charge in [-0.1, -0.05) is 19.9 Å². The SMILES string of the molecule is CC(C)C(C(=O)NOC(C)(C)C)N(Cc1cccnc1)S(=O)(=O)c1ccc(O)c(I)c1. The lowest BCUT2D eigenvalue weighted by Crippen LogP contribution is -2.52. The molecule has 0 aliphatic heterocycles. The van der Waals surface area contributed by atoms with Crippen LogP contribution < -0.4 is 5.48 Å². The van der Waals surface area contributed by atoms with Crippen LogP contribution in [0.4, 0.5) is 0 Å². The van der Waals surface area contributed by atoms with Crippen LogP contribution in [0.1, 0.15) is 40.2 Å². The molecule has 1 aromatic heterocycles. The van der Waals surface area contributed by atoms with Crippen LogP contribution in [0.3, 0.4) is 0 Å². The number of aromatic hydroxyl groups is 1. The van der Waals surface area contributed by atoms with E-state index in [9.17, 15) is 18.3 Å². The molecule has 2 N–H and O–H groups in total. The number of hydrogen-bond donors (Lipinski definition) is 2. The lowest BCUT2D eigenvalue weighted by Gasteiger charge is -2.33. The second-order valence-electron chi connectivity index (χ2n) is 8.39. The minimum absolute atomic E-state index is 0.0184. The number of hydrogen-bond acceptors (Lipinski definition) is 6. The van der Waals surface area contributed by atoms with Gasteiger partial charge in [0.2, 0.25) is 10.0 Å². The molecule has 10 heteroatoms. The van der Waals surface area contributed by atoms with Gasteiger partial charge in [0.05, 0.1) is 14.1 Å². The summed E-state index contributed by atoms with van der Waals surface area (Å²) in [5.41, 5.74) is 2.40. The van der Waals surface area contributed by atoms with E-state index in [0.717, 1.165) is 4.31 Å². The fourth-order valence-corrected chi connectivity index (χ4v) is 5.28. The van der Waals surface area contributed by atoms with E-state index in [1.54, 1.807) is 59.1 Å². The summed E-state index contributed by atoms with van der Waals surface area (Å²) in [5, 5.41) is 9.81. The Morgan fingerprint density at radius 3 is 2.48 bits per heavy atom. The van der Waals surface area contributed by atoms with Gasteiger partial charge in [-0.3, -0.25) is 14.6 Å². The molecule has 1 unspecified atom stereocenters. The van der Waals surface area contributed by atoms with Crippen molar-refractivity contribution in [2.24, 2.45) is 5.92 Å². The van der Waals surface area contributed by atoms with Crippen molar-refractivity contribution in [3.63, 3.8) is 0 Å². The van der Waals surface area contributed by atoms with Gasteiger partial charge < -0.3 is 5.11 Å². The lowest BCUT2D eigenvalue weighted by molar-refractivity contribution is -0.151. The topological polar surface area (TPSA) is 109 Å². The van der Waals surface area contributed by atoms with Crippen LogP contribution in [0.15, 0.2) is 47.6 Å².